The highest BCUT2D eigenvalue weighted by Crippen LogP contribution is 2.16. The summed E-state index contributed by atoms with van der Waals surface area (Å²) in [5.74, 6) is 4.51. The zero-order valence-electron chi connectivity index (χ0n) is 53.5. The van der Waals surface area contributed by atoms with E-state index in [9.17, 15) is 0 Å². The number of aromatic nitrogens is 5. The van der Waals surface area contributed by atoms with Crippen molar-refractivity contribution < 1.29 is 0 Å². The molecule has 10 rings (SSSR count). The first-order valence-electron chi connectivity index (χ1n) is 31.7. The van der Waals surface area contributed by atoms with Crippen molar-refractivity contribution in [3.05, 3.63) is 119 Å². The lowest BCUT2D eigenvalue weighted by atomic mass is 10.1. The molecular weight excluding hydrogens is 1060 g/mol. The Morgan fingerprint density at radius 2 is 0.659 bits per heavy atom. The molecule has 5 aliphatic heterocycles. The Labute approximate surface area is 512 Å². The van der Waals surface area contributed by atoms with E-state index < -0.39 is 0 Å². The number of rotatable bonds is 17. The van der Waals surface area contributed by atoms with E-state index in [1.165, 1.54) is 106 Å². The summed E-state index contributed by atoms with van der Waals surface area (Å²) in [5.41, 5.74) is 34.2. The fourth-order valence-electron chi connectivity index (χ4n) is 11.4. The van der Waals surface area contributed by atoms with Gasteiger partial charge in [-0.05, 0) is 103 Å². The van der Waals surface area contributed by atoms with Gasteiger partial charge in [0.15, 0.2) is 0 Å². The Kier molecular flexibility index (Phi) is 29.9. The van der Waals surface area contributed by atoms with E-state index in [2.05, 4.69) is 160 Å². The van der Waals surface area contributed by atoms with Crippen molar-refractivity contribution in [2.24, 2.45) is 11.8 Å². The topological polar surface area (TPSA) is 227 Å². The van der Waals surface area contributed by atoms with Gasteiger partial charge < -0.3 is 53.2 Å². The largest absolute Gasteiger partial charge is 0.384 e. The van der Waals surface area contributed by atoms with Gasteiger partial charge in [0.25, 0.3) is 0 Å². The molecular formula is C65H110N20. The monoisotopic (exact) mass is 1170 g/mol. The Morgan fingerprint density at radius 1 is 0.376 bits per heavy atom. The lowest BCUT2D eigenvalue weighted by Crippen LogP contribution is -2.49. The molecule has 0 amide bonds. The Balaban J connectivity index is 0.000000170. The molecule has 20 nitrogen and oxygen atoms in total. The highest BCUT2D eigenvalue weighted by atomic mass is 15.3. The number of likely N-dealkylation sites (N-methyl/N-ethyl adjacent to an activating group) is 2. The van der Waals surface area contributed by atoms with Crippen molar-refractivity contribution in [3.63, 3.8) is 0 Å². The summed E-state index contributed by atoms with van der Waals surface area (Å²) in [4.78, 5) is 45.6. The minimum absolute atomic E-state index is 0.593. The Bertz CT molecular complexity index is 2430. The van der Waals surface area contributed by atoms with Gasteiger partial charge in [0.05, 0.1) is 0 Å². The van der Waals surface area contributed by atoms with Crippen LogP contribution in [-0.4, -0.2) is 238 Å². The third kappa shape index (κ3) is 26.9. The highest BCUT2D eigenvalue weighted by molar-refractivity contribution is 5.32. The zero-order valence-corrected chi connectivity index (χ0v) is 53.5. The summed E-state index contributed by atoms with van der Waals surface area (Å²) in [7, 11) is 2.18. The van der Waals surface area contributed by atoms with Gasteiger partial charge in [-0.15, -0.1) is 0 Å². The molecule has 5 saturated heterocycles. The molecule has 10 heterocycles. The van der Waals surface area contributed by atoms with E-state index >= 15 is 0 Å². The van der Waals surface area contributed by atoms with E-state index in [0.29, 0.717) is 35.1 Å². The van der Waals surface area contributed by atoms with E-state index in [-0.39, 0.29) is 0 Å². The normalized spacial score (nSPS) is 19.4. The fourth-order valence-corrected chi connectivity index (χ4v) is 11.4. The van der Waals surface area contributed by atoms with Crippen molar-refractivity contribution in [3.8, 4) is 0 Å². The lowest BCUT2D eigenvalue weighted by Gasteiger charge is -2.38. The minimum Gasteiger partial charge on any atom is -0.384 e. The van der Waals surface area contributed by atoms with Crippen LogP contribution in [0.4, 0.5) is 29.1 Å². The van der Waals surface area contributed by atoms with E-state index in [4.69, 9.17) is 28.7 Å². The van der Waals surface area contributed by atoms with Crippen molar-refractivity contribution in [1.29, 1.82) is 0 Å². The van der Waals surface area contributed by atoms with E-state index in [1.807, 2.05) is 61.3 Å². The van der Waals surface area contributed by atoms with Crippen LogP contribution in [0.3, 0.4) is 0 Å². The number of piperazine rings is 5. The van der Waals surface area contributed by atoms with Crippen LogP contribution < -0.4 is 28.7 Å². The van der Waals surface area contributed by atoms with Crippen LogP contribution in [0.1, 0.15) is 82.7 Å². The maximum absolute atomic E-state index is 5.59. The smallest absolute Gasteiger partial charge is 0.123 e. The SMILES string of the molecule is CC(C)CN1CCN(Cc2ccc(N)nc2)CC1.CC(C)CN1CCN(Cc2ccc(N)nc2)CC1.CCCN1CCN(Cc2ccc(N)nc2)CC1.CCN1CCN(Cc2ccc(N)nc2)CC1.C[C@@H]1CN(C)CCN1Cc1ccc(N)nc1. The van der Waals surface area contributed by atoms with E-state index in [0.717, 1.165) is 123 Å². The van der Waals surface area contributed by atoms with Crippen LogP contribution in [0, 0.1) is 11.8 Å². The molecule has 5 aromatic rings. The number of hydrogen-bond acceptors (Lipinski definition) is 20. The second-order valence-corrected chi connectivity index (χ2v) is 24.8. The van der Waals surface area contributed by atoms with Crippen molar-refractivity contribution >= 4 is 29.1 Å². The highest BCUT2D eigenvalue weighted by Gasteiger charge is 2.23. The van der Waals surface area contributed by atoms with E-state index in [1.54, 1.807) is 0 Å². The van der Waals surface area contributed by atoms with Crippen LogP contribution in [-0.2, 0) is 32.7 Å². The zero-order chi connectivity index (χ0) is 60.9. The van der Waals surface area contributed by atoms with Gasteiger partial charge in [-0.25, -0.2) is 24.9 Å². The van der Waals surface area contributed by atoms with Gasteiger partial charge in [0, 0.05) is 207 Å². The fraction of sp³-hybridized carbons (Fsp3) is 0.615. The Hall–Kier alpha value is -5.65. The van der Waals surface area contributed by atoms with Crippen LogP contribution in [0.5, 0.6) is 0 Å². The number of nitrogens with two attached hydrogens (primary N) is 5. The van der Waals surface area contributed by atoms with Gasteiger partial charge in [-0.2, -0.15) is 0 Å². The molecule has 0 aromatic carbocycles. The second-order valence-electron chi connectivity index (χ2n) is 24.8. The van der Waals surface area contributed by atoms with Crippen molar-refractivity contribution in [2.75, 3.05) is 186 Å². The van der Waals surface area contributed by atoms with Crippen LogP contribution >= 0.6 is 0 Å². The molecule has 0 bridgehead atoms. The number of nitrogens with zero attached hydrogens (tertiary/aromatic N) is 15. The third-order valence-corrected chi connectivity index (χ3v) is 16.3. The van der Waals surface area contributed by atoms with Gasteiger partial charge in [-0.1, -0.05) is 71.9 Å². The molecule has 0 saturated carbocycles. The first-order valence-corrected chi connectivity index (χ1v) is 31.7. The summed E-state index contributed by atoms with van der Waals surface area (Å²) < 4.78 is 0. The molecule has 5 fully saturated rings. The summed E-state index contributed by atoms with van der Waals surface area (Å²) in [6.45, 7) is 47.7. The predicted molar refractivity (Wildman–Crippen MR) is 353 cm³/mol. The average Bonchev–Trinajstić information content (AvgIpc) is 3.51. The number of nitrogen functional groups attached to an aromatic ring is 5. The van der Waals surface area contributed by atoms with Gasteiger partial charge in [0.2, 0.25) is 0 Å². The van der Waals surface area contributed by atoms with Crippen molar-refractivity contribution in [2.45, 2.75) is 93.7 Å². The number of hydrogen-bond donors (Lipinski definition) is 5. The summed E-state index contributed by atoms with van der Waals surface area (Å²) in [6.07, 6.45) is 10.7. The molecule has 0 unspecified atom stereocenters. The Morgan fingerprint density at radius 3 is 0.918 bits per heavy atom. The number of anilines is 5. The molecule has 85 heavy (non-hydrogen) atoms. The second kappa shape index (κ2) is 37.1. The van der Waals surface area contributed by atoms with Gasteiger partial charge in [-0.3, -0.25) is 24.5 Å². The van der Waals surface area contributed by atoms with Crippen LogP contribution in [0.25, 0.3) is 0 Å². The first kappa shape index (κ1) is 68.5. The maximum Gasteiger partial charge on any atom is 0.123 e. The maximum atomic E-state index is 5.59. The molecule has 20 heteroatoms. The third-order valence-electron chi connectivity index (χ3n) is 16.3. The molecule has 0 spiro atoms. The standard InChI is InChI=1S/2C14H24N4.C13H22N4.2C12H20N4/c2*1-12(2)10-17-5-7-18(8-6-17)11-13-3-4-14(15)16-9-13;1-2-5-16-6-8-17(9-7-16)11-12-3-4-13(14)15-10-12;1-10-8-15(2)5-6-16(10)9-11-3-4-12(13)14-7-11;1-2-15-5-7-16(8-6-15)10-11-3-4-12(13)14-9-11/h2*3-4,9,12H,5-8,10-11H2,1-2H3,(H2,15,16);3-4,10H,2,5-9,11H2,1H3,(H2,14,15);3-4,7,10H,5-6,8-9H2,1-2H3,(H2,13,14);3-4,9H,2,5-8,10H2,1H3,(H2,13,14)/t;;;10-;/m...1./s1. The predicted octanol–water partition coefficient (Wildman–Crippen LogP) is 5.67. The molecule has 10 N–H and O–H groups in total. The van der Waals surface area contributed by atoms with Crippen LogP contribution in [0.15, 0.2) is 91.6 Å². The molecule has 5 aliphatic rings. The lowest BCUT2D eigenvalue weighted by molar-refractivity contribution is 0.0937. The number of pyridine rings is 5. The average molecular weight is 1170 g/mol. The van der Waals surface area contributed by atoms with Gasteiger partial charge in [0.1, 0.15) is 29.1 Å². The molecule has 470 valence electrons. The molecule has 0 aliphatic carbocycles. The first-order chi connectivity index (χ1) is 41.0. The quantitative estimate of drug-likeness (QED) is 0.0756. The molecule has 5 aromatic heterocycles. The van der Waals surface area contributed by atoms with Gasteiger partial charge >= 0.3 is 0 Å². The summed E-state index contributed by atoms with van der Waals surface area (Å²) >= 11 is 0. The van der Waals surface area contributed by atoms with Crippen LogP contribution in [0.2, 0.25) is 0 Å². The molecule has 1 atom stereocenters. The van der Waals surface area contributed by atoms with Crippen molar-refractivity contribution in [1.82, 2.24) is 73.9 Å². The summed E-state index contributed by atoms with van der Waals surface area (Å²) in [6, 6.07) is 20.3. The molecule has 0 radical (unpaired) electrons. The summed E-state index contributed by atoms with van der Waals surface area (Å²) in [5, 5.41) is 0. The minimum atomic E-state index is 0.593.